The number of aromatic carboxylic acids is 1. The molecule has 0 saturated carbocycles. The summed E-state index contributed by atoms with van der Waals surface area (Å²) < 4.78 is 12.1. The second kappa shape index (κ2) is 8.10. The first-order chi connectivity index (χ1) is 18.0. The zero-order chi connectivity index (χ0) is 25.1. The molecule has 0 spiro atoms. The van der Waals surface area contributed by atoms with Crippen LogP contribution in [0.25, 0.3) is 21.0 Å². The Morgan fingerprint density at radius 1 is 1.03 bits per heavy atom. The Labute approximate surface area is 214 Å². The molecule has 1 aromatic heterocycles. The van der Waals surface area contributed by atoms with Gasteiger partial charge in [0.1, 0.15) is 0 Å². The highest BCUT2D eigenvalue weighted by molar-refractivity contribution is 7.22. The lowest BCUT2D eigenvalue weighted by Gasteiger charge is -2.26. The third-order valence-electron chi connectivity index (χ3n) is 6.35. The Hall–Kier alpha value is -4.83. The number of hydrazone groups is 1. The smallest absolute Gasteiger partial charge is 0.335 e. The number of carboxylic acid groups (broad SMARTS) is 1. The van der Waals surface area contributed by atoms with Crippen LogP contribution in [0.5, 0.6) is 11.5 Å². The van der Waals surface area contributed by atoms with E-state index in [1.165, 1.54) is 11.3 Å². The number of benzene rings is 4. The number of carbonyl (C=O) groups is 1. The average molecular weight is 510 g/mol. The minimum atomic E-state index is -0.978. The standard InChI is InChI=1S/C27H19N5O4S/c1-15-12-18(26(33)34)6-9-20(15)31-29-25(17-7-10-21-22(13-17)36-14-35-21)30-32(31)27-28-24-19-5-3-2-4-16(19)8-11-23(24)37-27/h2-13H,14H2,1H3,(H,29,30)(H,33,34). The molecule has 182 valence electrons. The van der Waals surface area contributed by atoms with Crippen molar-refractivity contribution < 1.29 is 19.4 Å². The topological polar surface area (TPSA) is 99.5 Å². The van der Waals surface area contributed by atoms with Crippen molar-refractivity contribution in [1.29, 1.82) is 0 Å². The first kappa shape index (κ1) is 21.5. The van der Waals surface area contributed by atoms with Gasteiger partial charge < -0.3 is 14.6 Å². The molecule has 0 unspecified atom stereocenters. The lowest BCUT2D eigenvalue weighted by molar-refractivity contribution is 0.0696. The molecule has 37 heavy (non-hydrogen) atoms. The fraction of sp³-hybridized carbons (Fsp3) is 0.0741. The van der Waals surface area contributed by atoms with Crippen LogP contribution in [0.4, 0.5) is 10.8 Å². The molecule has 9 nitrogen and oxygen atoms in total. The van der Waals surface area contributed by atoms with E-state index in [2.05, 4.69) is 29.7 Å². The van der Waals surface area contributed by atoms with E-state index < -0.39 is 5.97 Å². The van der Waals surface area contributed by atoms with Crippen LogP contribution in [0.1, 0.15) is 21.5 Å². The van der Waals surface area contributed by atoms with E-state index in [-0.39, 0.29) is 12.4 Å². The number of fused-ring (bicyclic) bond motifs is 4. The number of anilines is 2. The number of rotatable bonds is 4. The molecule has 2 N–H and O–H groups in total. The van der Waals surface area contributed by atoms with Crippen molar-refractivity contribution in [3.8, 4) is 11.5 Å². The highest BCUT2D eigenvalue weighted by atomic mass is 32.1. The van der Waals surface area contributed by atoms with Crippen molar-refractivity contribution >= 4 is 54.9 Å². The van der Waals surface area contributed by atoms with Crippen LogP contribution < -0.4 is 25.1 Å². The van der Waals surface area contributed by atoms with E-state index in [0.29, 0.717) is 22.5 Å². The summed E-state index contributed by atoms with van der Waals surface area (Å²) in [7, 11) is 0. The SMILES string of the molecule is Cc1cc(C(=O)O)ccc1N1N=C(c2ccc3c(c2)OCO3)NN1c1nc2c(ccc3ccccc32)s1. The van der Waals surface area contributed by atoms with E-state index in [4.69, 9.17) is 19.6 Å². The lowest BCUT2D eigenvalue weighted by atomic mass is 10.1. The largest absolute Gasteiger partial charge is 0.478 e. The first-order valence-corrected chi connectivity index (χ1v) is 12.3. The van der Waals surface area contributed by atoms with Crippen molar-refractivity contribution in [3.05, 3.63) is 89.5 Å². The van der Waals surface area contributed by atoms with Crippen LogP contribution in [-0.2, 0) is 0 Å². The summed E-state index contributed by atoms with van der Waals surface area (Å²) >= 11 is 1.54. The van der Waals surface area contributed by atoms with Gasteiger partial charge in [0.25, 0.3) is 0 Å². The second-order valence-electron chi connectivity index (χ2n) is 8.67. The normalized spacial score (nSPS) is 14.4. The van der Waals surface area contributed by atoms with E-state index in [1.54, 1.807) is 28.4 Å². The minimum Gasteiger partial charge on any atom is -0.478 e. The fourth-order valence-electron chi connectivity index (χ4n) is 4.52. The number of thiazole rings is 1. The van der Waals surface area contributed by atoms with Gasteiger partial charge >= 0.3 is 5.97 Å². The first-order valence-electron chi connectivity index (χ1n) is 11.5. The molecule has 5 aromatic rings. The summed E-state index contributed by atoms with van der Waals surface area (Å²) in [5.74, 6) is 0.951. The van der Waals surface area contributed by atoms with Gasteiger partial charge in [0.15, 0.2) is 17.3 Å². The van der Waals surface area contributed by atoms with Gasteiger partial charge in [-0.25, -0.2) is 9.78 Å². The summed E-state index contributed by atoms with van der Waals surface area (Å²) in [5.41, 5.74) is 6.79. The monoisotopic (exact) mass is 509 g/mol. The third-order valence-corrected chi connectivity index (χ3v) is 7.35. The van der Waals surface area contributed by atoms with Crippen molar-refractivity contribution in [1.82, 2.24) is 10.4 Å². The van der Waals surface area contributed by atoms with Crippen molar-refractivity contribution in [2.75, 3.05) is 17.0 Å². The Morgan fingerprint density at radius 2 is 1.89 bits per heavy atom. The van der Waals surface area contributed by atoms with Gasteiger partial charge in [-0.1, -0.05) is 41.7 Å². The number of nitrogens with zero attached hydrogens (tertiary/aromatic N) is 4. The lowest BCUT2D eigenvalue weighted by Crippen LogP contribution is -2.44. The number of amidine groups is 1. The van der Waals surface area contributed by atoms with E-state index >= 15 is 0 Å². The minimum absolute atomic E-state index is 0.186. The Bertz CT molecular complexity index is 1770. The Morgan fingerprint density at radius 3 is 2.76 bits per heavy atom. The highest BCUT2D eigenvalue weighted by Crippen LogP contribution is 2.38. The molecule has 0 bridgehead atoms. The Kier molecular flexibility index (Phi) is 4.70. The summed E-state index contributed by atoms with van der Waals surface area (Å²) in [5, 5.41) is 20.7. The Balaban J connectivity index is 1.35. The summed E-state index contributed by atoms with van der Waals surface area (Å²) in [6.45, 7) is 2.05. The van der Waals surface area contributed by atoms with Gasteiger partial charge in [-0.15, -0.1) is 15.3 Å². The molecule has 10 heteroatoms. The van der Waals surface area contributed by atoms with E-state index in [9.17, 15) is 9.90 Å². The van der Waals surface area contributed by atoms with Gasteiger partial charge in [-0.3, -0.25) is 5.43 Å². The fourth-order valence-corrected chi connectivity index (χ4v) is 5.45. The number of aryl methyl sites for hydroxylation is 1. The van der Waals surface area contributed by atoms with Crippen LogP contribution in [0.15, 0.2) is 77.9 Å². The van der Waals surface area contributed by atoms with E-state index in [1.807, 2.05) is 37.3 Å². The molecule has 0 fully saturated rings. The van der Waals surface area contributed by atoms with Gasteiger partial charge in [0, 0.05) is 10.9 Å². The number of nitrogens with one attached hydrogen (secondary N) is 1. The molecule has 3 heterocycles. The van der Waals surface area contributed by atoms with Crippen LogP contribution in [0, 0.1) is 6.92 Å². The van der Waals surface area contributed by atoms with Crippen molar-refractivity contribution in [2.24, 2.45) is 5.10 Å². The number of hydrogen-bond donors (Lipinski definition) is 2. The zero-order valence-corrected chi connectivity index (χ0v) is 20.3. The summed E-state index contributed by atoms with van der Waals surface area (Å²) in [6, 6.07) is 22.9. The molecule has 7 rings (SSSR count). The highest BCUT2D eigenvalue weighted by Gasteiger charge is 2.31. The number of carboxylic acids is 1. The maximum absolute atomic E-state index is 11.5. The molecule has 0 atom stereocenters. The second-order valence-corrected chi connectivity index (χ2v) is 9.68. The molecular formula is C27H19N5O4S. The number of aromatic nitrogens is 1. The van der Waals surface area contributed by atoms with Crippen molar-refractivity contribution in [2.45, 2.75) is 6.92 Å². The number of hydrazine groups is 2. The van der Waals surface area contributed by atoms with Crippen molar-refractivity contribution in [3.63, 3.8) is 0 Å². The predicted octanol–water partition coefficient (Wildman–Crippen LogP) is 5.29. The van der Waals surface area contributed by atoms with Crippen LogP contribution in [-0.4, -0.2) is 28.7 Å². The maximum Gasteiger partial charge on any atom is 0.335 e. The quantitative estimate of drug-likeness (QED) is 0.337. The van der Waals surface area contributed by atoms with Crippen LogP contribution in [0.3, 0.4) is 0 Å². The molecular weight excluding hydrogens is 490 g/mol. The van der Waals surface area contributed by atoms with Gasteiger partial charge in [0.05, 0.1) is 21.5 Å². The van der Waals surface area contributed by atoms with Gasteiger partial charge in [-0.2, -0.15) is 0 Å². The number of ether oxygens (including phenoxy) is 2. The number of hydrogen-bond acceptors (Lipinski definition) is 9. The third kappa shape index (κ3) is 3.49. The average Bonchev–Trinajstić information content (AvgIpc) is 3.66. The summed E-state index contributed by atoms with van der Waals surface area (Å²) in [6.07, 6.45) is 0. The molecule has 0 saturated heterocycles. The van der Waals surface area contributed by atoms with Crippen LogP contribution >= 0.6 is 11.3 Å². The predicted molar refractivity (Wildman–Crippen MR) is 142 cm³/mol. The maximum atomic E-state index is 11.5. The molecule has 0 amide bonds. The molecule has 4 aromatic carbocycles. The molecule has 0 aliphatic carbocycles. The molecule has 2 aliphatic rings. The molecule has 0 radical (unpaired) electrons. The van der Waals surface area contributed by atoms with Crippen LogP contribution in [0.2, 0.25) is 0 Å². The summed E-state index contributed by atoms with van der Waals surface area (Å²) in [4.78, 5) is 16.5. The van der Waals surface area contributed by atoms with Gasteiger partial charge in [-0.05, 0) is 60.3 Å². The molecule has 2 aliphatic heterocycles. The van der Waals surface area contributed by atoms with Gasteiger partial charge in [0.2, 0.25) is 11.9 Å². The zero-order valence-electron chi connectivity index (χ0n) is 19.5. The van der Waals surface area contributed by atoms with E-state index in [0.717, 1.165) is 37.8 Å².